The van der Waals surface area contributed by atoms with Gasteiger partial charge in [-0.15, -0.1) is 0 Å². The van der Waals surface area contributed by atoms with Gasteiger partial charge in [0.15, 0.2) is 0 Å². The van der Waals surface area contributed by atoms with Crippen molar-refractivity contribution in [3.05, 3.63) is 23.2 Å². The molecule has 19 heavy (non-hydrogen) atoms. The van der Waals surface area contributed by atoms with E-state index in [-0.39, 0.29) is 41.9 Å². The summed E-state index contributed by atoms with van der Waals surface area (Å²) in [5.41, 5.74) is 5.82. The van der Waals surface area contributed by atoms with Gasteiger partial charge in [0, 0.05) is 13.1 Å². The maximum atomic E-state index is 12.5. The predicted molar refractivity (Wildman–Crippen MR) is 71.4 cm³/mol. The van der Waals surface area contributed by atoms with Gasteiger partial charge in [0.1, 0.15) is 4.90 Å². The van der Waals surface area contributed by atoms with Gasteiger partial charge in [0.2, 0.25) is 10.0 Å². The van der Waals surface area contributed by atoms with Gasteiger partial charge in [0.05, 0.1) is 30.0 Å². The number of morpholine rings is 1. The fraction of sp³-hybridized carbons (Fsp3) is 0.455. The number of benzene rings is 1. The second-order valence-electron chi connectivity index (χ2n) is 4.20. The predicted octanol–water partition coefficient (Wildman–Crippen LogP) is 0.304. The van der Waals surface area contributed by atoms with E-state index < -0.39 is 16.1 Å². The van der Waals surface area contributed by atoms with E-state index in [1.54, 1.807) is 6.07 Å². The van der Waals surface area contributed by atoms with Crippen LogP contribution in [0, 0.1) is 0 Å². The van der Waals surface area contributed by atoms with Gasteiger partial charge in [0.25, 0.3) is 0 Å². The lowest BCUT2D eigenvalue weighted by Crippen LogP contribution is -2.46. The first kappa shape index (κ1) is 14.5. The zero-order valence-corrected chi connectivity index (χ0v) is 11.7. The monoisotopic (exact) mass is 306 g/mol. The molecule has 0 radical (unpaired) electrons. The van der Waals surface area contributed by atoms with Crippen LogP contribution in [0.1, 0.15) is 0 Å². The Balaban J connectivity index is 2.37. The van der Waals surface area contributed by atoms with Gasteiger partial charge < -0.3 is 15.6 Å². The number of rotatable bonds is 3. The van der Waals surface area contributed by atoms with Crippen LogP contribution in [-0.4, -0.2) is 50.2 Å². The Kier molecular flexibility index (Phi) is 4.32. The first-order chi connectivity index (χ1) is 8.96. The molecular formula is C11H15ClN2O4S. The number of ether oxygens (including phenoxy) is 1. The molecule has 1 heterocycles. The van der Waals surface area contributed by atoms with Crippen LogP contribution in [0.4, 0.5) is 5.69 Å². The smallest absolute Gasteiger partial charge is 0.246 e. The zero-order valence-electron chi connectivity index (χ0n) is 10.1. The molecule has 0 saturated carbocycles. The molecular weight excluding hydrogens is 292 g/mol. The molecule has 0 spiro atoms. The van der Waals surface area contributed by atoms with E-state index in [0.717, 1.165) is 0 Å². The summed E-state index contributed by atoms with van der Waals surface area (Å²) in [5.74, 6) is 0. The number of sulfonamides is 1. The van der Waals surface area contributed by atoms with Crippen LogP contribution in [0.25, 0.3) is 0 Å². The minimum absolute atomic E-state index is 0.0868. The highest BCUT2D eigenvalue weighted by molar-refractivity contribution is 7.89. The zero-order chi connectivity index (χ0) is 14.0. The number of aliphatic hydroxyl groups excluding tert-OH is 1. The molecule has 1 saturated heterocycles. The molecule has 0 aromatic heterocycles. The van der Waals surface area contributed by atoms with Crippen molar-refractivity contribution in [3.8, 4) is 0 Å². The fourth-order valence-corrected chi connectivity index (χ4v) is 4.04. The Bertz CT molecular complexity index is 544. The van der Waals surface area contributed by atoms with Crippen LogP contribution in [0.3, 0.4) is 0 Å². The maximum absolute atomic E-state index is 12.5. The van der Waals surface area contributed by atoms with Crippen molar-refractivity contribution in [1.82, 2.24) is 4.31 Å². The standard InChI is InChI=1S/C11H15ClN2O4S/c12-9-2-1-3-10(13)11(9)19(16,17)14-4-5-18-8(6-14)7-15/h1-3,8,15H,4-7,13H2. The third-order valence-electron chi connectivity index (χ3n) is 2.90. The van der Waals surface area contributed by atoms with Crippen molar-refractivity contribution < 1.29 is 18.3 Å². The Hall–Kier alpha value is -0.860. The van der Waals surface area contributed by atoms with E-state index in [9.17, 15) is 8.42 Å². The first-order valence-electron chi connectivity index (χ1n) is 5.73. The average molecular weight is 307 g/mol. The minimum Gasteiger partial charge on any atom is -0.398 e. The highest BCUT2D eigenvalue weighted by Crippen LogP contribution is 2.30. The Morgan fingerprint density at radius 3 is 2.89 bits per heavy atom. The molecule has 0 aliphatic carbocycles. The van der Waals surface area contributed by atoms with E-state index >= 15 is 0 Å². The summed E-state index contributed by atoms with van der Waals surface area (Å²) in [7, 11) is -3.78. The van der Waals surface area contributed by atoms with Gasteiger partial charge in [-0.25, -0.2) is 8.42 Å². The molecule has 1 unspecified atom stereocenters. The number of nitrogen functional groups attached to an aromatic ring is 1. The molecule has 1 aromatic rings. The number of halogens is 1. The summed E-state index contributed by atoms with van der Waals surface area (Å²) in [6, 6.07) is 4.56. The summed E-state index contributed by atoms with van der Waals surface area (Å²) in [6.45, 7) is 0.297. The normalized spacial score (nSPS) is 21.5. The van der Waals surface area contributed by atoms with Gasteiger partial charge in [-0.3, -0.25) is 0 Å². The molecule has 0 bridgehead atoms. The molecule has 2 rings (SSSR count). The molecule has 1 aliphatic heterocycles. The summed E-state index contributed by atoms with van der Waals surface area (Å²) >= 11 is 5.94. The number of hydrogen-bond donors (Lipinski definition) is 2. The lowest BCUT2D eigenvalue weighted by atomic mass is 10.3. The number of aliphatic hydroxyl groups is 1. The maximum Gasteiger partial charge on any atom is 0.246 e. The molecule has 1 fully saturated rings. The highest BCUT2D eigenvalue weighted by atomic mass is 35.5. The molecule has 6 nitrogen and oxygen atoms in total. The second-order valence-corrected chi connectivity index (χ2v) is 6.48. The number of anilines is 1. The molecule has 3 N–H and O–H groups in total. The fourth-order valence-electron chi connectivity index (χ4n) is 1.95. The van der Waals surface area contributed by atoms with Gasteiger partial charge in [-0.05, 0) is 12.1 Å². The van der Waals surface area contributed by atoms with Crippen molar-refractivity contribution in [2.45, 2.75) is 11.0 Å². The number of hydrogen-bond acceptors (Lipinski definition) is 5. The molecule has 1 atom stereocenters. The quantitative estimate of drug-likeness (QED) is 0.784. The van der Waals surface area contributed by atoms with Crippen LogP contribution in [0.2, 0.25) is 5.02 Å². The third-order valence-corrected chi connectivity index (χ3v) is 5.31. The van der Waals surface area contributed by atoms with Crippen molar-refractivity contribution in [2.24, 2.45) is 0 Å². The number of nitrogens with two attached hydrogens (primary N) is 1. The summed E-state index contributed by atoms with van der Waals surface area (Å²) < 4.78 is 31.5. The SMILES string of the molecule is Nc1cccc(Cl)c1S(=O)(=O)N1CCOC(CO)C1. The van der Waals surface area contributed by atoms with Crippen molar-refractivity contribution in [2.75, 3.05) is 32.0 Å². The first-order valence-corrected chi connectivity index (χ1v) is 7.55. The number of nitrogens with zero attached hydrogens (tertiary/aromatic N) is 1. The summed E-state index contributed by atoms with van der Waals surface area (Å²) in [6.07, 6.45) is -0.521. The second kappa shape index (κ2) is 5.64. The van der Waals surface area contributed by atoms with E-state index in [0.29, 0.717) is 0 Å². The van der Waals surface area contributed by atoms with Crippen LogP contribution in [0.15, 0.2) is 23.1 Å². The third kappa shape index (κ3) is 2.85. The van der Waals surface area contributed by atoms with Crippen molar-refractivity contribution in [1.29, 1.82) is 0 Å². The van der Waals surface area contributed by atoms with E-state index in [4.69, 9.17) is 27.2 Å². The largest absolute Gasteiger partial charge is 0.398 e. The Morgan fingerprint density at radius 1 is 1.53 bits per heavy atom. The van der Waals surface area contributed by atoms with Gasteiger partial charge in [-0.2, -0.15) is 4.31 Å². The Labute approximate surface area is 116 Å². The van der Waals surface area contributed by atoms with Crippen molar-refractivity contribution in [3.63, 3.8) is 0 Å². The molecule has 0 amide bonds. The Morgan fingerprint density at radius 2 is 2.26 bits per heavy atom. The molecule has 8 heteroatoms. The van der Waals surface area contributed by atoms with Crippen LogP contribution >= 0.6 is 11.6 Å². The molecule has 1 aromatic carbocycles. The lowest BCUT2D eigenvalue weighted by molar-refractivity contribution is -0.0304. The van der Waals surface area contributed by atoms with Crippen LogP contribution in [-0.2, 0) is 14.8 Å². The molecule has 106 valence electrons. The van der Waals surface area contributed by atoms with Crippen LogP contribution < -0.4 is 5.73 Å². The van der Waals surface area contributed by atoms with E-state index in [1.807, 2.05) is 0 Å². The summed E-state index contributed by atoms with van der Waals surface area (Å²) in [5, 5.41) is 9.15. The lowest BCUT2D eigenvalue weighted by Gasteiger charge is -2.31. The highest BCUT2D eigenvalue weighted by Gasteiger charge is 2.33. The van der Waals surface area contributed by atoms with Gasteiger partial charge >= 0.3 is 0 Å². The van der Waals surface area contributed by atoms with E-state index in [1.165, 1.54) is 16.4 Å². The minimum atomic E-state index is -3.78. The van der Waals surface area contributed by atoms with Crippen LogP contribution in [0.5, 0.6) is 0 Å². The summed E-state index contributed by atoms with van der Waals surface area (Å²) in [4.78, 5) is -0.0877. The average Bonchev–Trinajstić information content (AvgIpc) is 2.38. The molecule has 1 aliphatic rings. The van der Waals surface area contributed by atoms with E-state index in [2.05, 4.69) is 0 Å². The topological polar surface area (TPSA) is 92.9 Å². The van der Waals surface area contributed by atoms with Gasteiger partial charge in [-0.1, -0.05) is 17.7 Å². The van der Waals surface area contributed by atoms with Crippen molar-refractivity contribution >= 4 is 27.3 Å².